The highest BCUT2D eigenvalue weighted by Gasteiger charge is 2.40. The molecule has 8 heteroatoms. The van der Waals surface area contributed by atoms with Gasteiger partial charge < -0.3 is 40.9 Å². The van der Waals surface area contributed by atoms with E-state index in [-0.39, 0.29) is 5.41 Å². The van der Waals surface area contributed by atoms with Gasteiger partial charge in [0.25, 0.3) is 0 Å². The van der Waals surface area contributed by atoms with E-state index in [2.05, 4.69) is 100 Å². The Balaban J connectivity index is 0.000000136. The highest BCUT2D eigenvalue weighted by atomic mass is 16.3. The quantitative estimate of drug-likeness (QED) is 0.0671. The molecule has 7 unspecified atom stereocenters. The fraction of sp³-hybridized carbons (Fsp3) is 0.302. The Kier molecular flexibility index (Phi) is 22.3. The van der Waals surface area contributed by atoms with Gasteiger partial charge in [0.05, 0.1) is 0 Å². The maximum atomic E-state index is 9.88. The average molecular weight is 1260 g/mol. The van der Waals surface area contributed by atoms with Crippen LogP contribution in [0.15, 0.2) is 224 Å². The van der Waals surface area contributed by atoms with Crippen LogP contribution in [-0.4, -0.2) is 40.9 Å². The number of rotatable bonds is 10. The van der Waals surface area contributed by atoms with Crippen LogP contribution in [0.1, 0.15) is 198 Å². The Labute approximate surface area is 557 Å². The predicted molar refractivity (Wildman–Crippen MR) is 382 cm³/mol. The molecule has 10 aromatic rings. The number of phenols is 8. The second-order valence-corrected chi connectivity index (χ2v) is 26.3. The van der Waals surface area contributed by atoms with E-state index in [0.717, 1.165) is 77.0 Å². The number of hydrogen-bond acceptors (Lipinski definition) is 8. The molecular formula is C86H94O8. The van der Waals surface area contributed by atoms with Crippen molar-refractivity contribution >= 4 is 0 Å². The van der Waals surface area contributed by atoms with Crippen LogP contribution in [0.3, 0.4) is 0 Å². The fourth-order valence-electron chi connectivity index (χ4n) is 15.8. The molecule has 8 N–H and O–H groups in total. The van der Waals surface area contributed by atoms with Crippen LogP contribution in [0, 0.1) is 6.92 Å². The maximum Gasteiger partial charge on any atom is 0.115 e. The summed E-state index contributed by atoms with van der Waals surface area (Å²) < 4.78 is 0. The lowest BCUT2D eigenvalue weighted by Gasteiger charge is -2.43. The van der Waals surface area contributed by atoms with Gasteiger partial charge in [-0.25, -0.2) is 0 Å². The monoisotopic (exact) mass is 1250 g/mol. The summed E-state index contributed by atoms with van der Waals surface area (Å²) in [7, 11) is 0. The minimum atomic E-state index is 0.0758. The molecule has 0 saturated carbocycles. The third-order valence-electron chi connectivity index (χ3n) is 20.6. The van der Waals surface area contributed by atoms with E-state index in [1.165, 1.54) is 83.5 Å². The van der Waals surface area contributed by atoms with Crippen LogP contribution >= 0.6 is 0 Å². The van der Waals surface area contributed by atoms with Crippen LogP contribution in [0.2, 0.25) is 0 Å². The van der Waals surface area contributed by atoms with Gasteiger partial charge in [-0.05, 0) is 306 Å². The number of hydrogen-bond donors (Lipinski definition) is 8. The molecule has 0 bridgehead atoms. The summed E-state index contributed by atoms with van der Waals surface area (Å²) in [5.41, 5.74) is 19.6. The summed E-state index contributed by atoms with van der Waals surface area (Å²) in [6.45, 7) is 12.9. The fourth-order valence-corrected chi connectivity index (χ4v) is 15.8. The highest BCUT2D eigenvalue weighted by Crippen LogP contribution is 2.51. The highest BCUT2D eigenvalue weighted by molar-refractivity contribution is 5.49. The van der Waals surface area contributed by atoms with Crippen molar-refractivity contribution in [3.05, 3.63) is 308 Å². The van der Waals surface area contributed by atoms with Gasteiger partial charge in [0.1, 0.15) is 46.0 Å². The Hall–Kier alpha value is -9.40. The maximum absolute atomic E-state index is 9.88. The second kappa shape index (κ2) is 31.0. The van der Waals surface area contributed by atoms with Crippen LogP contribution in [0.5, 0.6) is 46.0 Å². The van der Waals surface area contributed by atoms with Crippen molar-refractivity contribution in [1.82, 2.24) is 0 Å². The van der Waals surface area contributed by atoms with Gasteiger partial charge in [-0.15, -0.1) is 0 Å². The molecule has 0 aliphatic heterocycles. The van der Waals surface area contributed by atoms with Gasteiger partial charge >= 0.3 is 0 Å². The number of fused-ring (bicyclic) bond motifs is 4. The predicted octanol–water partition coefficient (Wildman–Crippen LogP) is 20.5. The summed E-state index contributed by atoms with van der Waals surface area (Å²) in [5, 5.41) is 77.3. The lowest BCUT2D eigenvalue weighted by atomic mass is 9.61. The Morgan fingerprint density at radius 1 is 0.340 bits per heavy atom. The Morgan fingerprint density at radius 3 is 1.05 bits per heavy atom. The zero-order valence-corrected chi connectivity index (χ0v) is 55.5. The van der Waals surface area contributed by atoms with Crippen molar-refractivity contribution in [2.45, 2.75) is 165 Å². The van der Waals surface area contributed by atoms with Crippen molar-refractivity contribution in [2.24, 2.45) is 0 Å². The third-order valence-corrected chi connectivity index (χ3v) is 20.6. The topological polar surface area (TPSA) is 162 Å². The van der Waals surface area contributed by atoms with Crippen molar-refractivity contribution in [2.75, 3.05) is 0 Å². The molecule has 14 rings (SSSR count). The van der Waals surface area contributed by atoms with E-state index in [1.807, 2.05) is 92.7 Å². The van der Waals surface area contributed by atoms with Crippen LogP contribution in [0.25, 0.3) is 0 Å². The molecule has 486 valence electrons. The van der Waals surface area contributed by atoms with Crippen molar-refractivity contribution in [3.63, 3.8) is 0 Å². The molecule has 0 amide bonds. The van der Waals surface area contributed by atoms with E-state index in [4.69, 9.17) is 0 Å². The van der Waals surface area contributed by atoms with Gasteiger partial charge in [-0.2, -0.15) is 0 Å². The second-order valence-electron chi connectivity index (χ2n) is 26.3. The Morgan fingerprint density at radius 2 is 0.670 bits per heavy atom. The smallest absolute Gasteiger partial charge is 0.115 e. The molecule has 8 nitrogen and oxygen atoms in total. The molecule has 10 aromatic carbocycles. The molecule has 4 aliphatic rings. The number of phenolic OH excluding ortho intramolecular Hbond substituents is 8. The first-order valence-corrected chi connectivity index (χ1v) is 34.1. The van der Waals surface area contributed by atoms with Gasteiger partial charge in [0, 0.05) is 0 Å². The summed E-state index contributed by atoms with van der Waals surface area (Å²) >= 11 is 0. The summed E-state index contributed by atoms with van der Waals surface area (Å²) in [5.74, 6) is 5.66. The molecule has 0 radical (unpaired) electrons. The zero-order valence-electron chi connectivity index (χ0n) is 55.5. The summed E-state index contributed by atoms with van der Waals surface area (Å²) in [6, 6.07) is 73.1. The normalized spacial score (nSPS) is 20.6. The van der Waals surface area contributed by atoms with Gasteiger partial charge in [0.2, 0.25) is 0 Å². The minimum Gasteiger partial charge on any atom is -0.508 e. The third kappa shape index (κ3) is 16.0. The van der Waals surface area contributed by atoms with Crippen molar-refractivity contribution in [1.29, 1.82) is 0 Å². The molecule has 0 spiro atoms. The molecular weight excluding hydrogens is 1160 g/mol. The van der Waals surface area contributed by atoms with E-state index in [0.29, 0.717) is 87.4 Å². The van der Waals surface area contributed by atoms with Crippen LogP contribution < -0.4 is 0 Å². The first-order valence-electron chi connectivity index (χ1n) is 34.1. The first-order chi connectivity index (χ1) is 45.5. The zero-order chi connectivity index (χ0) is 66.5. The van der Waals surface area contributed by atoms with E-state index < -0.39 is 0 Å². The van der Waals surface area contributed by atoms with E-state index in [9.17, 15) is 40.9 Å². The van der Waals surface area contributed by atoms with Gasteiger partial charge in [-0.3, -0.25) is 0 Å². The van der Waals surface area contributed by atoms with Crippen LogP contribution in [-0.2, 0) is 43.9 Å². The van der Waals surface area contributed by atoms with E-state index >= 15 is 0 Å². The molecule has 0 fully saturated rings. The number of aromatic hydroxyl groups is 8. The summed E-state index contributed by atoms with van der Waals surface area (Å²) in [4.78, 5) is 0. The Bertz CT molecular complexity index is 4050. The van der Waals surface area contributed by atoms with Crippen LogP contribution in [0.4, 0.5) is 0 Å². The molecule has 8 atom stereocenters. The number of aryl methyl sites for hydroxylation is 5. The van der Waals surface area contributed by atoms with Crippen molar-refractivity contribution < 1.29 is 40.9 Å². The lowest BCUT2D eigenvalue weighted by molar-refractivity contribution is 0.318. The minimum absolute atomic E-state index is 0.0758. The molecule has 4 aliphatic carbocycles. The standard InChI is InChI=1S/C24H24O2.C23H22O2.C19H22O2.C18H20O2.C2H6/c1-16-2-4-17(5-3-16)14-24-22(18-6-9-20(25)10-7-18)12-8-19-15-21(26)11-13-23(19)24;24-19-9-6-17(7-10-19)21-12-8-18-15-20(25)11-13-22(18)23(21)14-16-4-2-1-3-5-16;1-3-18-17-9-8-16(21)12-13(17)10-11-19(18,2)14-4-6-15(20)7-5-14;1-2-16-17(12-3-6-14(19)7-4-12)9-5-13-11-15(20)8-10-18(13)16;1-2/h2-7,9-11,13,15,22,24-26H,8,12,14H2,1H3;1-7,9-11,13,15,21,23-25H,8,12,14H2;4-9,12,18,20-21H,3,10-11H2,1-2H3;3-4,6-8,10-11,16-17,19-20H,2,5,9H2,1H3;1-2H3/t;;18?,19-;;/m..1../s1. The first kappa shape index (κ1) is 67.5. The molecule has 0 saturated heterocycles. The van der Waals surface area contributed by atoms with Crippen molar-refractivity contribution in [3.8, 4) is 46.0 Å². The average Bonchev–Trinajstić information content (AvgIpc) is 0.773. The molecule has 0 heterocycles. The van der Waals surface area contributed by atoms with Gasteiger partial charge in [0.15, 0.2) is 0 Å². The SMILES string of the molecule is CC.CCC1c2ccc(O)cc2CCC1c1ccc(O)cc1.CCC1c2ccc(O)cc2CC[C@]1(C)c1ccc(O)cc1.Cc1ccc(CC2c3ccc(O)cc3CCC2c2ccc(O)cc2)cc1.Oc1ccc(C2CCc3cc(O)ccc3C2Cc2ccccc2)cc1. The largest absolute Gasteiger partial charge is 0.508 e. The number of benzene rings is 10. The lowest BCUT2D eigenvalue weighted by Crippen LogP contribution is -2.35. The van der Waals surface area contributed by atoms with E-state index in [1.54, 1.807) is 72.8 Å². The summed E-state index contributed by atoms with van der Waals surface area (Å²) in [6.07, 6.45) is 12.3. The molecule has 94 heavy (non-hydrogen) atoms. The molecule has 0 aromatic heterocycles. The van der Waals surface area contributed by atoms with Gasteiger partial charge in [-0.1, -0.05) is 168 Å².